The fourth-order valence-electron chi connectivity index (χ4n) is 2.94. The van der Waals surface area contributed by atoms with Crippen molar-refractivity contribution < 1.29 is 17.6 Å². The molecule has 1 radical (unpaired) electrons. The van der Waals surface area contributed by atoms with Gasteiger partial charge in [0, 0.05) is 11.6 Å². The molecule has 5 heteroatoms. The van der Waals surface area contributed by atoms with Crippen molar-refractivity contribution in [2.45, 2.75) is 49.9 Å². The SMILES string of the molecule is Fc1ccc(C2(N[C@@H]3[CH]CCC3)CC2)cc1C(F)(F)F. The van der Waals surface area contributed by atoms with Crippen LogP contribution in [0.1, 0.15) is 43.2 Å². The standard InChI is InChI=1S/C15H16F4N/c16-13-6-5-10(9-12(13)15(17,18)19)14(7-8-14)20-11-3-1-2-4-11/h3,5-6,9,11,20H,1-2,4,7-8H2/t11-/m1/s1. The second-order valence-electron chi connectivity index (χ2n) is 5.69. The van der Waals surface area contributed by atoms with E-state index in [1.165, 1.54) is 6.07 Å². The third-order valence-electron chi connectivity index (χ3n) is 4.21. The molecule has 20 heavy (non-hydrogen) atoms. The van der Waals surface area contributed by atoms with Gasteiger partial charge in [-0.05, 0) is 49.8 Å². The first kappa shape index (κ1) is 13.9. The van der Waals surface area contributed by atoms with Crippen LogP contribution in [-0.2, 0) is 11.7 Å². The number of hydrogen-bond acceptors (Lipinski definition) is 1. The lowest BCUT2D eigenvalue weighted by Gasteiger charge is -2.23. The molecule has 1 aromatic carbocycles. The summed E-state index contributed by atoms with van der Waals surface area (Å²) in [6.07, 6.45) is 2.33. The molecule has 0 aromatic heterocycles. The van der Waals surface area contributed by atoms with E-state index in [4.69, 9.17) is 0 Å². The zero-order valence-electron chi connectivity index (χ0n) is 10.9. The summed E-state index contributed by atoms with van der Waals surface area (Å²) in [7, 11) is 0. The van der Waals surface area contributed by atoms with Crippen LogP contribution in [0.4, 0.5) is 17.6 Å². The van der Waals surface area contributed by atoms with Crippen LogP contribution in [0.2, 0.25) is 0 Å². The maximum atomic E-state index is 13.3. The summed E-state index contributed by atoms with van der Waals surface area (Å²) >= 11 is 0. The van der Waals surface area contributed by atoms with E-state index in [0.29, 0.717) is 5.56 Å². The van der Waals surface area contributed by atoms with E-state index in [-0.39, 0.29) is 11.6 Å². The predicted octanol–water partition coefficient (Wildman–Crippen LogP) is 4.18. The molecular weight excluding hydrogens is 270 g/mol. The lowest BCUT2D eigenvalue weighted by molar-refractivity contribution is -0.140. The zero-order chi connectivity index (χ0) is 14.4. The first-order chi connectivity index (χ1) is 9.41. The minimum absolute atomic E-state index is 0.261. The van der Waals surface area contributed by atoms with Crippen LogP contribution in [0.3, 0.4) is 0 Å². The lowest BCUT2D eigenvalue weighted by Crippen LogP contribution is -2.37. The van der Waals surface area contributed by atoms with E-state index >= 15 is 0 Å². The fourth-order valence-corrected chi connectivity index (χ4v) is 2.94. The van der Waals surface area contributed by atoms with E-state index < -0.39 is 17.6 Å². The molecule has 1 N–H and O–H groups in total. The maximum absolute atomic E-state index is 13.3. The highest BCUT2D eigenvalue weighted by Crippen LogP contribution is 2.48. The van der Waals surface area contributed by atoms with Crippen molar-refractivity contribution in [3.8, 4) is 0 Å². The number of hydrogen-bond donors (Lipinski definition) is 1. The Morgan fingerprint density at radius 2 is 1.95 bits per heavy atom. The van der Waals surface area contributed by atoms with Gasteiger partial charge >= 0.3 is 6.18 Å². The Labute approximate surface area is 115 Å². The number of alkyl halides is 3. The Hall–Kier alpha value is -1.10. The summed E-state index contributed by atoms with van der Waals surface area (Å²) in [5.41, 5.74) is -1.01. The van der Waals surface area contributed by atoms with Crippen molar-refractivity contribution in [1.29, 1.82) is 0 Å². The smallest absolute Gasteiger partial charge is 0.304 e. The van der Waals surface area contributed by atoms with Crippen LogP contribution in [0.15, 0.2) is 18.2 Å². The van der Waals surface area contributed by atoms with Gasteiger partial charge < -0.3 is 5.32 Å². The molecule has 2 fully saturated rings. The van der Waals surface area contributed by atoms with Gasteiger partial charge in [-0.2, -0.15) is 13.2 Å². The Bertz CT molecular complexity index is 499. The van der Waals surface area contributed by atoms with Crippen LogP contribution in [0.5, 0.6) is 0 Å². The molecule has 2 saturated carbocycles. The summed E-state index contributed by atoms with van der Waals surface area (Å²) in [5, 5.41) is 3.44. The number of nitrogens with one attached hydrogen (secondary N) is 1. The Morgan fingerprint density at radius 1 is 1.20 bits per heavy atom. The van der Waals surface area contributed by atoms with Crippen molar-refractivity contribution in [2.75, 3.05) is 0 Å². The van der Waals surface area contributed by atoms with Crippen LogP contribution in [-0.4, -0.2) is 6.04 Å². The average molecular weight is 286 g/mol. The third kappa shape index (κ3) is 2.55. The molecule has 0 bridgehead atoms. The molecule has 1 aromatic rings. The van der Waals surface area contributed by atoms with Gasteiger partial charge in [0.2, 0.25) is 0 Å². The highest BCUT2D eigenvalue weighted by molar-refractivity contribution is 5.36. The van der Waals surface area contributed by atoms with Gasteiger partial charge in [0.1, 0.15) is 5.82 Å². The summed E-state index contributed by atoms with van der Waals surface area (Å²) in [5.74, 6) is -1.20. The monoisotopic (exact) mass is 286 g/mol. The van der Waals surface area contributed by atoms with E-state index in [9.17, 15) is 17.6 Å². The van der Waals surface area contributed by atoms with Crippen molar-refractivity contribution in [3.05, 3.63) is 41.6 Å². The summed E-state index contributed by atoms with van der Waals surface area (Å²) in [6, 6.07) is 3.62. The maximum Gasteiger partial charge on any atom is 0.419 e. The molecule has 0 saturated heterocycles. The fraction of sp³-hybridized carbons (Fsp3) is 0.533. The molecular formula is C15H16F4N. The van der Waals surface area contributed by atoms with E-state index in [0.717, 1.165) is 44.2 Å². The van der Waals surface area contributed by atoms with Crippen LogP contribution in [0, 0.1) is 12.2 Å². The topological polar surface area (TPSA) is 12.0 Å². The third-order valence-corrected chi connectivity index (χ3v) is 4.21. The molecule has 0 spiro atoms. The Morgan fingerprint density at radius 3 is 2.50 bits per heavy atom. The minimum atomic E-state index is -4.64. The molecule has 109 valence electrons. The second-order valence-corrected chi connectivity index (χ2v) is 5.69. The summed E-state index contributed by atoms with van der Waals surface area (Å²) < 4.78 is 51.7. The molecule has 0 aliphatic heterocycles. The quantitative estimate of drug-likeness (QED) is 0.822. The molecule has 3 rings (SSSR count). The largest absolute Gasteiger partial charge is 0.419 e. The normalized spacial score (nSPS) is 22.2. The van der Waals surface area contributed by atoms with Crippen molar-refractivity contribution in [1.82, 2.24) is 5.32 Å². The zero-order valence-corrected chi connectivity index (χ0v) is 10.9. The number of rotatable bonds is 3. The predicted molar refractivity (Wildman–Crippen MR) is 67.4 cm³/mol. The first-order valence-corrected chi connectivity index (χ1v) is 6.89. The molecule has 0 amide bonds. The van der Waals surface area contributed by atoms with Crippen LogP contribution >= 0.6 is 0 Å². The Kier molecular flexibility index (Phi) is 3.27. The molecule has 2 aliphatic rings. The van der Waals surface area contributed by atoms with Gasteiger partial charge in [-0.3, -0.25) is 0 Å². The highest BCUT2D eigenvalue weighted by Gasteiger charge is 2.47. The van der Waals surface area contributed by atoms with E-state index in [1.807, 2.05) is 0 Å². The van der Waals surface area contributed by atoms with Gasteiger partial charge in [0.05, 0.1) is 5.56 Å². The molecule has 0 unspecified atom stereocenters. The number of halogens is 4. The average Bonchev–Trinajstić information content (AvgIpc) is 2.96. The molecule has 0 heterocycles. The van der Waals surface area contributed by atoms with Crippen LogP contribution < -0.4 is 5.32 Å². The summed E-state index contributed by atoms with van der Waals surface area (Å²) in [6.45, 7) is 0. The van der Waals surface area contributed by atoms with E-state index in [2.05, 4.69) is 11.7 Å². The van der Waals surface area contributed by atoms with Crippen LogP contribution in [0.25, 0.3) is 0 Å². The van der Waals surface area contributed by atoms with Crippen molar-refractivity contribution in [2.24, 2.45) is 0 Å². The van der Waals surface area contributed by atoms with Gasteiger partial charge in [-0.25, -0.2) is 4.39 Å². The van der Waals surface area contributed by atoms with Gasteiger partial charge in [-0.15, -0.1) is 0 Å². The van der Waals surface area contributed by atoms with Gasteiger partial charge in [0.25, 0.3) is 0 Å². The van der Waals surface area contributed by atoms with E-state index in [1.54, 1.807) is 0 Å². The minimum Gasteiger partial charge on any atom is -0.304 e. The summed E-state index contributed by atoms with van der Waals surface area (Å²) in [4.78, 5) is 0. The first-order valence-electron chi connectivity index (χ1n) is 6.89. The molecule has 2 aliphatic carbocycles. The van der Waals surface area contributed by atoms with Gasteiger partial charge in [-0.1, -0.05) is 12.5 Å². The van der Waals surface area contributed by atoms with Gasteiger partial charge in [0.15, 0.2) is 0 Å². The molecule has 1 nitrogen and oxygen atoms in total. The second kappa shape index (κ2) is 4.72. The highest BCUT2D eigenvalue weighted by atomic mass is 19.4. The Balaban J connectivity index is 1.86. The molecule has 1 atom stereocenters. The van der Waals surface area contributed by atoms with Crippen molar-refractivity contribution >= 4 is 0 Å². The number of benzene rings is 1. The van der Waals surface area contributed by atoms with Crippen molar-refractivity contribution in [3.63, 3.8) is 0 Å². The lowest BCUT2D eigenvalue weighted by atomic mass is 10.00.